The molecule has 0 radical (unpaired) electrons. The van der Waals surface area contributed by atoms with E-state index in [1.54, 1.807) is 37.5 Å². The molecule has 0 fully saturated rings. The lowest BCUT2D eigenvalue weighted by Crippen LogP contribution is -2.16. The van der Waals surface area contributed by atoms with Crippen LogP contribution in [-0.2, 0) is 5.41 Å². The van der Waals surface area contributed by atoms with Crippen molar-refractivity contribution in [1.82, 2.24) is 0 Å². The first-order valence-corrected chi connectivity index (χ1v) is 10.6. The lowest BCUT2D eigenvalue weighted by atomic mass is 9.84. The maximum atomic E-state index is 12.6. The van der Waals surface area contributed by atoms with Crippen LogP contribution in [0.25, 0.3) is 6.08 Å². The number of hydrogen-bond acceptors (Lipinski definition) is 4. The molecule has 0 unspecified atom stereocenters. The first-order chi connectivity index (χ1) is 14.3. The van der Waals surface area contributed by atoms with Gasteiger partial charge >= 0.3 is 0 Å². The molecule has 0 saturated heterocycles. The van der Waals surface area contributed by atoms with E-state index >= 15 is 0 Å². The van der Waals surface area contributed by atoms with Gasteiger partial charge in [-0.3, -0.25) is 4.79 Å². The van der Waals surface area contributed by atoms with Crippen molar-refractivity contribution in [2.45, 2.75) is 52.9 Å². The lowest BCUT2D eigenvalue weighted by Gasteiger charge is -2.26. The molecule has 0 amide bonds. The number of carbonyl (C=O) groups excluding carboxylic acids is 1. The highest BCUT2D eigenvalue weighted by Crippen LogP contribution is 2.40. The Bertz CT molecular complexity index is 829. The highest BCUT2D eigenvalue weighted by molar-refractivity contribution is 6.06. The number of rotatable bonds is 10. The van der Waals surface area contributed by atoms with Gasteiger partial charge in [0.2, 0.25) is 0 Å². The Kier molecular flexibility index (Phi) is 8.52. The second-order valence-corrected chi connectivity index (χ2v) is 8.27. The maximum absolute atomic E-state index is 12.6. The van der Waals surface area contributed by atoms with E-state index in [9.17, 15) is 4.79 Å². The Labute approximate surface area is 180 Å². The Morgan fingerprint density at radius 3 is 1.90 bits per heavy atom. The van der Waals surface area contributed by atoms with Crippen molar-refractivity contribution in [2.75, 3.05) is 20.3 Å². The Morgan fingerprint density at radius 1 is 0.933 bits per heavy atom. The smallest absolute Gasteiger partial charge is 0.185 e. The summed E-state index contributed by atoms with van der Waals surface area (Å²) < 4.78 is 17.3. The van der Waals surface area contributed by atoms with E-state index in [-0.39, 0.29) is 11.2 Å². The van der Waals surface area contributed by atoms with Gasteiger partial charge in [-0.05, 0) is 66.3 Å². The van der Waals surface area contributed by atoms with Crippen LogP contribution in [0.15, 0.2) is 42.5 Å². The molecule has 0 aliphatic rings. The molecule has 2 rings (SSSR count). The molecule has 2 aromatic carbocycles. The Balaban J connectivity index is 2.39. The summed E-state index contributed by atoms with van der Waals surface area (Å²) in [6.07, 6.45) is 5.24. The minimum atomic E-state index is -0.132. The molecule has 0 aliphatic heterocycles. The quantitative estimate of drug-likeness (QED) is 0.333. The highest BCUT2D eigenvalue weighted by Gasteiger charge is 2.25. The summed E-state index contributed by atoms with van der Waals surface area (Å²) >= 11 is 0. The van der Waals surface area contributed by atoms with Crippen LogP contribution in [-0.4, -0.2) is 26.1 Å². The average Bonchev–Trinajstić information content (AvgIpc) is 2.73. The van der Waals surface area contributed by atoms with E-state index in [1.807, 2.05) is 18.2 Å². The van der Waals surface area contributed by atoms with Crippen LogP contribution < -0.4 is 14.2 Å². The highest BCUT2D eigenvalue weighted by atomic mass is 16.5. The zero-order chi connectivity index (χ0) is 22.1. The number of benzene rings is 2. The van der Waals surface area contributed by atoms with Gasteiger partial charge in [0.15, 0.2) is 5.78 Å². The molecule has 0 aliphatic carbocycles. The van der Waals surface area contributed by atoms with Gasteiger partial charge in [-0.15, -0.1) is 0 Å². The molecular formula is C26H34O4. The van der Waals surface area contributed by atoms with Crippen molar-refractivity contribution in [1.29, 1.82) is 0 Å². The molecule has 0 N–H and O–H groups in total. The first-order valence-electron chi connectivity index (χ1n) is 10.6. The predicted octanol–water partition coefficient (Wildman–Crippen LogP) is 6.47. The molecule has 0 saturated carbocycles. The van der Waals surface area contributed by atoms with Crippen LogP contribution >= 0.6 is 0 Å². The minimum absolute atomic E-state index is 0.0652. The Morgan fingerprint density at radius 2 is 1.47 bits per heavy atom. The summed E-state index contributed by atoms with van der Waals surface area (Å²) in [6, 6.07) is 11.1. The van der Waals surface area contributed by atoms with Gasteiger partial charge in [-0.1, -0.05) is 40.7 Å². The fourth-order valence-corrected chi connectivity index (χ4v) is 3.12. The number of hydrogen-bond donors (Lipinski definition) is 0. The molecule has 4 heteroatoms. The van der Waals surface area contributed by atoms with Crippen LogP contribution in [0, 0.1) is 0 Å². The van der Waals surface area contributed by atoms with Gasteiger partial charge < -0.3 is 14.2 Å². The van der Waals surface area contributed by atoms with E-state index in [1.165, 1.54) is 0 Å². The predicted molar refractivity (Wildman–Crippen MR) is 123 cm³/mol. The second kappa shape index (κ2) is 10.9. The van der Waals surface area contributed by atoms with Gasteiger partial charge in [0.1, 0.15) is 17.2 Å². The summed E-state index contributed by atoms with van der Waals surface area (Å²) in [4.78, 5) is 12.6. The van der Waals surface area contributed by atoms with Crippen molar-refractivity contribution in [2.24, 2.45) is 0 Å². The molecule has 162 valence electrons. The Hall–Kier alpha value is -2.75. The van der Waals surface area contributed by atoms with Crippen molar-refractivity contribution in [3.63, 3.8) is 0 Å². The van der Waals surface area contributed by atoms with Gasteiger partial charge in [0.25, 0.3) is 0 Å². The average molecular weight is 411 g/mol. The normalized spacial score (nSPS) is 11.5. The van der Waals surface area contributed by atoms with Gasteiger partial charge in [-0.2, -0.15) is 0 Å². The van der Waals surface area contributed by atoms with Crippen molar-refractivity contribution in [3.8, 4) is 17.2 Å². The number of carbonyl (C=O) groups is 1. The molecular weight excluding hydrogens is 376 g/mol. The van der Waals surface area contributed by atoms with E-state index in [4.69, 9.17) is 14.2 Å². The number of ether oxygens (including phenoxy) is 3. The summed E-state index contributed by atoms with van der Waals surface area (Å²) in [7, 11) is 1.61. The number of allylic oxidation sites excluding steroid dienone is 1. The van der Waals surface area contributed by atoms with Crippen molar-refractivity contribution in [3.05, 3.63) is 59.2 Å². The topological polar surface area (TPSA) is 44.8 Å². The van der Waals surface area contributed by atoms with E-state index in [0.29, 0.717) is 18.8 Å². The largest absolute Gasteiger partial charge is 0.497 e. The molecule has 4 nitrogen and oxygen atoms in total. The second-order valence-electron chi connectivity index (χ2n) is 8.27. The van der Waals surface area contributed by atoms with Gasteiger partial charge in [0.05, 0.1) is 20.3 Å². The van der Waals surface area contributed by atoms with Crippen LogP contribution in [0.4, 0.5) is 0 Å². The van der Waals surface area contributed by atoms with Crippen LogP contribution in [0.1, 0.15) is 68.9 Å². The number of methoxy groups -OCH3 is 1. The zero-order valence-electron chi connectivity index (χ0n) is 19.1. The third kappa shape index (κ3) is 6.38. The molecule has 0 spiro atoms. The van der Waals surface area contributed by atoms with Crippen LogP contribution in [0.3, 0.4) is 0 Å². The molecule has 0 aromatic heterocycles. The van der Waals surface area contributed by atoms with Crippen molar-refractivity contribution < 1.29 is 19.0 Å². The van der Waals surface area contributed by atoms with E-state index in [0.717, 1.165) is 41.2 Å². The molecule has 2 aromatic rings. The SMILES string of the molecule is CCCOc1cc(/C=C/C(=O)c2ccc(OC)cc2)cc(OCCC)c1C(C)(C)C. The standard InChI is InChI=1S/C26H34O4/c1-7-15-29-23-17-19(18-24(30-16-8-2)25(23)26(3,4)5)9-14-22(27)20-10-12-21(28-6)13-11-20/h9-14,17-18H,7-8,15-16H2,1-6H3/b14-9+. The summed E-state index contributed by atoms with van der Waals surface area (Å²) in [5.41, 5.74) is 2.42. The summed E-state index contributed by atoms with van der Waals surface area (Å²) in [5.74, 6) is 2.29. The van der Waals surface area contributed by atoms with E-state index in [2.05, 4.69) is 34.6 Å². The zero-order valence-corrected chi connectivity index (χ0v) is 19.1. The van der Waals surface area contributed by atoms with E-state index < -0.39 is 0 Å². The lowest BCUT2D eigenvalue weighted by molar-refractivity contribution is 0.104. The third-order valence-electron chi connectivity index (χ3n) is 4.56. The number of ketones is 1. The molecule has 30 heavy (non-hydrogen) atoms. The molecule has 0 bridgehead atoms. The summed E-state index contributed by atoms with van der Waals surface area (Å²) in [5, 5.41) is 0. The summed E-state index contributed by atoms with van der Waals surface area (Å²) in [6.45, 7) is 11.9. The minimum Gasteiger partial charge on any atom is -0.497 e. The maximum Gasteiger partial charge on any atom is 0.185 e. The van der Waals surface area contributed by atoms with Crippen molar-refractivity contribution >= 4 is 11.9 Å². The fraction of sp³-hybridized carbons (Fsp3) is 0.423. The monoisotopic (exact) mass is 410 g/mol. The fourth-order valence-electron chi connectivity index (χ4n) is 3.12. The first kappa shape index (κ1) is 23.5. The van der Waals surface area contributed by atoms with Gasteiger partial charge in [-0.25, -0.2) is 0 Å². The van der Waals surface area contributed by atoms with Crippen LogP contribution in [0.2, 0.25) is 0 Å². The third-order valence-corrected chi connectivity index (χ3v) is 4.56. The molecule has 0 heterocycles. The molecule has 0 atom stereocenters. The van der Waals surface area contributed by atoms with Crippen LogP contribution in [0.5, 0.6) is 17.2 Å². The van der Waals surface area contributed by atoms with Gasteiger partial charge in [0, 0.05) is 11.1 Å².